The van der Waals surface area contributed by atoms with Crippen LogP contribution in [0.1, 0.15) is 59.1 Å². The van der Waals surface area contributed by atoms with Crippen LogP contribution in [0, 0.1) is 5.92 Å². The minimum atomic E-state index is -1.76. The summed E-state index contributed by atoms with van der Waals surface area (Å²) in [5, 5.41) is 16.5. The molecule has 11 nitrogen and oxygen atoms in total. The topological polar surface area (TPSA) is 146 Å². The number of hydrogen-bond acceptors (Lipinski definition) is 8. The van der Waals surface area contributed by atoms with Crippen LogP contribution in [0.2, 0.25) is 0 Å². The number of halogens is 3. The number of ether oxygens (including phenoxy) is 2. The fourth-order valence-corrected chi connectivity index (χ4v) is 4.90. The highest BCUT2D eigenvalue weighted by Gasteiger charge is 2.34. The Morgan fingerprint density at radius 2 is 1.65 bits per heavy atom. The quantitative estimate of drug-likeness (QED) is 0.190. The highest BCUT2D eigenvalue weighted by atomic mass is 35.6. The molecule has 1 fully saturated rings. The zero-order valence-electron chi connectivity index (χ0n) is 26.4. The highest BCUT2D eigenvalue weighted by Crippen LogP contribution is 2.27. The van der Waals surface area contributed by atoms with Crippen LogP contribution in [0.15, 0.2) is 48.5 Å². The fraction of sp³-hybridized carbons (Fsp3) is 0.500. The minimum absolute atomic E-state index is 0.305. The number of carbonyl (C=O) groups excluding carboxylic acids is 4. The van der Waals surface area contributed by atoms with Crippen LogP contribution >= 0.6 is 34.8 Å². The number of rotatable bonds is 12. The van der Waals surface area contributed by atoms with Crippen molar-refractivity contribution in [3.05, 3.63) is 54.1 Å². The second-order valence-corrected chi connectivity index (χ2v) is 14.1. The lowest BCUT2D eigenvalue weighted by atomic mass is 10.0. The first kappa shape index (κ1) is 37.4. The lowest BCUT2D eigenvalue weighted by molar-refractivity contribution is -0.152. The third kappa shape index (κ3) is 11.0. The fourth-order valence-electron chi connectivity index (χ4n) is 4.73. The summed E-state index contributed by atoms with van der Waals surface area (Å²) in [5.41, 5.74) is 5.48. The van der Waals surface area contributed by atoms with Gasteiger partial charge in [-0.25, -0.2) is 5.43 Å². The lowest BCUT2D eigenvalue weighted by Gasteiger charge is -2.34. The molecule has 0 bridgehead atoms. The number of aliphatic hydroxyl groups is 1. The highest BCUT2D eigenvalue weighted by molar-refractivity contribution is 6.67. The van der Waals surface area contributed by atoms with E-state index in [9.17, 15) is 24.3 Å². The molecule has 3 amide bonds. The molecule has 1 saturated heterocycles. The molecular weight excluding hydrogens is 659 g/mol. The number of nitrogens with zero attached hydrogens (tertiary/aromatic N) is 1. The van der Waals surface area contributed by atoms with E-state index in [1.54, 1.807) is 39.8 Å². The summed E-state index contributed by atoms with van der Waals surface area (Å²) in [6.07, 6.45) is -0.587. The molecule has 46 heavy (non-hydrogen) atoms. The van der Waals surface area contributed by atoms with Crippen molar-refractivity contribution >= 4 is 58.5 Å². The number of carbonyl (C=O) groups is 4. The molecule has 1 heterocycles. The van der Waals surface area contributed by atoms with Gasteiger partial charge in [-0.05, 0) is 74.4 Å². The van der Waals surface area contributed by atoms with E-state index >= 15 is 0 Å². The summed E-state index contributed by atoms with van der Waals surface area (Å²) in [6.45, 7) is 8.21. The second kappa shape index (κ2) is 16.6. The Hall–Kier alpha value is -3.09. The predicted octanol–water partition coefficient (Wildman–Crippen LogP) is 4.23. The van der Waals surface area contributed by atoms with E-state index in [1.807, 2.05) is 36.4 Å². The van der Waals surface area contributed by atoms with E-state index in [1.165, 1.54) is 11.9 Å². The summed E-state index contributed by atoms with van der Waals surface area (Å²) in [6, 6.07) is 12.0. The van der Waals surface area contributed by atoms with Crippen LogP contribution in [0.4, 0.5) is 0 Å². The monoisotopic (exact) mass is 698 g/mol. The molecule has 0 radical (unpaired) electrons. The number of esters is 1. The van der Waals surface area contributed by atoms with E-state index in [4.69, 9.17) is 44.3 Å². The van der Waals surface area contributed by atoms with Crippen molar-refractivity contribution in [3.63, 3.8) is 0 Å². The van der Waals surface area contributed by atoms with Crippen molar-refractivity contribution < 1.29 is 33.8 Å². The van der Waals surface area contributed by atoms with Gasteiger partial charge in [0.15, 0.2) is 6.10 Å². The maximum absolute atomic E-state index is 13.2. The molecule has 4 N–H and O–H groups in total. The van der Waals surface area contributed by atoms with Gasteiger partial charge >= 0.3 is 5.97 Å². The lowest BCUT2D eigenvalue weighted by Crippen LogP contribution is -2.61. The van der Waals surface area contributed by atoms with Crippen molar-refractivity contribution in [2.75, 3.05) is 13.2 Å². The molecule has 0 aromatic heterocycles. The van der Waals surface area contributed by atoms with Gasteiger partial charge in [-0.3, -0.25) is 24.2 Å². The summed E-state index contributed by atoms with van der Waals surface area (Å²) in [7, 11) is 0. The molecule has 1 aliphatic heterocycles. The minimum Gasteiger partial charge on any atom is -0.481 e. The molecule has 14 heteroatoms. The van der Waals surface area contributed by atoms with Crippen molar-refractivity contribution in [2.45, 2.75) is 81.6 Å². The van der Waals surface area contributed by atoms with Gasteiger partial charge in [0, 0.05) is 6.54 Å². The Morgan fingerprint density at radius 1 is 0.978 bits per heavy atom. The first-order valence-corrected chi connectivity index (χ1v) is 16.2. The summed E-state index contributed by atoms with van der Waals surface area (Å²) in [4.78, 5) is 51.7. The number of aliphatic hydroxyl groups excluding tert-OH is 1. The van der Waals surface area contributed by atoms with Crippen molar-refractivity contribution in [1.82, 2.24) is 21.1 Å². The third-order valence-corrected chi connectivity index (χ3v) is 7.66. The van der Waals surface area contributed by atoms with Gasteiger partial charge in [0.2, 0.25) is 9.70 Å². The number of hydrazine groups is 1. The van der Waals surface area contributed by atoms with Gasteiger partial charge in [-0.1, -0.05) is 79.0 Å². The Kier molecular flexibility index (Phi) is 13.5. The molecular formula is C32H41Cl3N4O7. The van der Waals surface area contributed by atoms with Crippen LogP contribution in [-0.4, -0.2) is 75.0 Å². The van der Waals surface area contributed by atoms with Crippen LogP contribution in [0.3, 0.4) is 0 Å². The average Bonchev–Trinajstić information content (AvgIpc) is 3.01. The summed E-state index contributed by atoms with van der Waals surface area (Å²) >= 11 is 16.9. The van der Waals surface area contributed by atoms with E-state index in [0.717, 1.165) is 16.7 Å². The first-order valence-electron chi connectivity index (χ1n) is 15.0. The molecule has 0 saturated carbocycles. The SMILES string of the molecule is CC(C)C(NC(=O)[C@H](C)Oc1ccc(-c2cccc([C@@H](C)O)c2)cc1)C(=O)N[C@@H](C)C(=O)N1CCC[C@@H](C(=O)OCC(Cl)(Cl)Cl)N1. The Balaban J connectivity index is 1.55. The van der Waals surface area contributed by atoms with Gasteiger partial charge in [0.05, 0.1) is 6.10 Å². The Bertz CT molecular complexity index is 1370. The third-order valence-electron chi connectivity index (χ3n) is 7.33. The van der Waals surface area contributed by atoms with Gasteiger partial charge in [-0.15, -0.1) is 0 Å². The molecule has 252 valence electrons. The normalized spacial score (nSPS) is 17.8. The molecule has 1 unspecified atom stereocenters. The molecule has 0 aliphatic carbocycles. The van der Waals surface area contributed by atoms with E-state index in [2.05, 4.69) is 16.1 Å². The van der Waals surface area contributed by atoms with E-state index in [0.29, 0.717) is 25.1 Å². The standard InChI is InChI=1S/C32H41Cl3N4O7/c1-18(2)27(29(42)36-19(3)30(43)39-15-7-10-26(38-39)31(44)45-17-32(33,34)35)37-28(41)21(5)46-25-13-11-22(12-14-25)24-9-6-8-23(16-24)20(4)40/h6,8-9,11-14,16,18-21,26-27,38,40H,7,10,15,17H2,1-5H3,(H,36,42)(H,37,41)/t19-,20+,21-,26-,27?/m0/s1. The Morgan fingerprint density at radius 3 is 2.26 bits per heavy atom. The largest absolute Gasteiger partial charge is 0.481 e. The van der Waals surface area contributed by atoms with Crippen molar-refractivity contribution in [2.24, 2.45) is 5.92 Å². The second-order valence-electron chi connectivity index (χ2n) is 11.6. The molecule has 2 aromatic carbocycles. The molecule has 0 spiro atoms. The zero-order chi connectivity index (χ0) is 34.2. The molecule has 5 atom stereocenters. The number of amides is 3. The number of benzene rings is 2. The maximum atomic E-state index is 13.2. The van der Waals surface area contributed by atoms with Crippen LogP contribution < -0.4 is 20.8 Å². The van der Waals surface area contributed by atoms with Crippen LogP contribution in [0.5, 0.6) is 5.75 Å². The molecule has 1 aliphatic rings. The van der Waals surface area contributed by atoms with E-state index in [-0.39, 0.29) is 5.92 Å². The van der Waals surface area contributed by atoms with Crippen molar-refractivity contribution in [1.29, 1.82) is 0 Å². The van der Waals surface area contributed by atoms with Gasteiger partial charge < -0.3 is 25.2 Å². The first-order chi connectivity index (χ1) is 21.6. The van der Waals surface area contributed by atoms with Crippen LogP contribution in [0.25, 0.3) is 11.1 Å². The smallest absolute Gasteiger partial charge is 0.325 e. The van der Waals surface area contributed by atoms with E-state index < -0.39 is 64.4 Å². The maximum Gasteiger partial charge on any atom is 0.325 e. The zero-order valence-corrected chi connectivity index (χ0v) is 28.7. The molecule has 2 aromatic rings. The van der Waals surface area contributed by atoms with Crippen molar-refractivity contribution in [3.8, 4) is 16.9 Å². The van der Waals surface area contributed by atoms with Gasteiger partial charge in [0.25, 0.3) is 11.8 Å². The average molecular weight is 700 g/mol. The Labute approximate surface area is 284 Å². The van der Waals surface area contributed by atoms with Gasteiger partial charge in [0.1, 0.15) is 30.5 Å². The summed E-state index contributed by atoms with van der Waals surface area (Å²) < 4.78 is 9.10. The number of alkyl halides is 3. The van der Waals surface area contributed by atoms with Gasteiger partial charge in [-0.2, -0.15) is 0 Å². The van der Waals surface area contributed by atoms with Crippen LogP contribution in [-0.2, 0) is 23.9 Å². The predicted molar refractivity (Wildman–Crippen MR) is 176 cm³/mol. The summed E-state index contributed by atoms with van der Waals surface area (Å²) in [5.74, 6) is -2.03. The number of nitrogens with one attached hydrogen (secondary N) is 3. The number of hydrogen-bond donors (Lipinski definition) is 4. The molecule has 3 rings (SSSR count).